The van der Waals surface area contributed by atoms with Gasteiger partial charge in [0.25, 0.3) is 0 Å². The van der Waals surface area contributed by atoms with Gasteiger partial charge in [-0.3, -0.25) is 0 Å². The highest BCUT2D eigenvalue weighted by Gasteiger charge is 2.12. The summed E-state index contributed by atoms with van der Waals surface area (Å²) in [4.78, 5) is 0. The van der Waals surface area contributed by atoms with Crippen molar-refractivity contribution < 1.29 is 9.50 Å². The number of hydrogen-bond donors (Lipinski definition) is 2. The summed E-state index contributed by atoms with van der Waals surface area (Å²) in [5, 5.41) is 9.64. The molecule has 0 aliphatic heterocycles. The minimum atomic E-state index is -0.401. The van der Waals surface area contributed by atoms with E-state index in [-0.39, 0.29) is 24.0 Å². The maximum atomic E-state index is 13.0. The Morgan fingerprint density at radius 1 is 1.60 bits per heavy atom. The summed E-state index contributed by atoms with van der Waals surface area (Å²) in [6, 6.07) is 2.14. The number of phenols is 1. The Morgan fingerprint density at radius 2 is 2.20 bits per heavy atom. The fourth-order valence-corrected chi connectivity index (χ4v) is 1.35. The normalized spacial score (nSPS) is 11.7. The molecule has 1 rings (SSSR count). The van der Waals surface area contributed by atoms with E-state index in [2.05, 4.69) is 6.58 Å². The van der Waals surface area contributed by atoms with Crippen LogP contribution in [0.25, 0.3) is 0 Å². The zero-order valence-corrected chi connectivity index (χ0v) is 9.35. The third-order valence-electron chi connectivity index (χ3n) is 2.11. The van der Waals surface area contributed by atoms with Gasteiger partial charge in [0.1, 0.15) is 11.6 Å². The molecule has 84 valence electrons. The second kappa shape index (κ2) is 5.73. The Morgan fingerprint density at radius 3 is 2.73 bits per heavy atom. The first-order chi connectivity index (χ1) is 6.56. The molecule has 0 spiro atoms. The number of aromatic hydroxyl groups is 1. The van der Waals surface area contributed by atoms with Crippen molar-refractivity contribution in [1.29, 1.82) is 0 Å². The van der Waals surface area contributed by atoms with Crippen molar-refractivity contribution in [1.82, 2.24) is 0 Å². The minimum Gasteiger partial charge on any atom is -0.507 e. The maximum absolute atomic E-state index is 13.0. The molecule has 0 amide bonds. The van der Waals surface area contributed by atoms with Crippen molar-refractivity contribution >= 4 is 12.4 Å². The predicted molar refractivity (Wildman–Crippen MR) is 61.8 cm³/mol. The van der Waals surface area contributed by atoms with E-state index in [1.165, 1.54) is 12.1 Å². The van der Waals surface area contributed by atoms with Crippen LogP contribution in [0.1, 0.15) is 23.6 Å². The molecule has 0 aromatic heterocycles. The Kier molecular flexibility index (Phi) is 5.33. The lowest BCUT2D eigenvalue weighted by atomic mass is 10.0. The molecule has 0 unspecified atom stereocenters. The fraction of sp³-hybridized carbons (Fsp3) is 0.273. The van der Waals surface area contributed by atoms with Crippen LogP contribution in [-0.4, -0.2) is 5.11 Å². The van der Waals surface area contributed by atoms with Crippen LogP contribution in [0.2, 0.25) is 0 Å². The number of aryl methyl sites for hydroxylation is 1. The van der Waals surface area contributed by atoms with Crippen LogP contribution < -0.4 is 5.73 Å². The van der Waals surface area contributed by atoms with Crippen LogP contribution in [0.3, 0.4) is 0 Å². The summed E-state index contributed by atoms with van der Waals surface area (Å²) in [6.07, 6.45) is 2.15. The number of halogens is 2. The van der Waals surface area contributed by atoms with Gasteiger partial charge < -0.3 is 10.8 Å². The van der Waals surface area contributed by atoms with Gasteiger partial charge in [0.15, 0.2) is 0 Å². The second-order valence-corrected chi connectivity index (χ2v) is 3.29. The zero-order valence-electron chi connectivity index (χ0n) is 8.53. The molecule has 0 fully saturated rings. The Balaban J connectivity index is 0.00000196. The van der Waals surface area contributed by atoms with Crippen molar-refractivity contribution in [3.05, 3.63) is 41.7 Å². The van der Waals surface area contributed by atoms with Crippen molar-refractivity contribution in [2.45, 2.75) is 19.4 Å². The minimum absolute atomic E-state index is 0. The molecule has 0 bridgehead atoms. The zero-order chi connectivity index (χ0) is 10.7. The van der Waals surface area contributed by atoms with E-state index < -0.39 is 6.04 Å². The largest absolute Gasteiger partial charge is 0.507 e. The number of rotatable bonds is 3. The molecule has 1 aromatic carbocycles. The molecular weight excluding hydrogens is 217 g/mol. The lowest BCUT2D eigenvalue weighted by Gasteiger charge is -2.13. The van der Waals surface area contributed by atoms with Gasteiger partial charge in [-0.2, -0.15) is 0 Å². The summed E-state index contributed by atoms with van der Waals surface area (Å²) in [7, 11) is 0. The number of hydrogen-bond acceptors (Lipinski definition) is 2. The van der Waals surface area contributed by atoms with Gasteiger partial charge in [0.2, 0.25) is 0 Å². The molecule has 0 aliphatic rings. The van der Waals surface area contributed by atoms with Gasteiger partial charge in [-0.15, -0.1) is 19.0 Å². The Labute approximate surface area is 95.0 Å². The molecule has 0 saturated carbocycles. The second-order valence-electron chi connectivity index (χ2n) is 3.29. The molecule has 0 heterocycles. The predicted octanol–water partition coefficient (Wildman–Crippen LogP) is 2.84. The topological polar surface area (TPSA) is 46.2 Å². The monoisotopic (exact) mass is 231 g/mol. The highest BCUT2D eigenvalue weighted by atomic mass is 35.5. The molecule has 0 aliphatic carbocycles. The van der Waals surface area contributed by atoms with Gasteiger partial charge in [0.05, 0.1) is 0 Å². The van der Waals surface area contributed by atoms with Gasteiger partial charge >= 0.3 is 0 Å². The lowest BCUT2D eigenvalue weighted by molar-refractivity contribution is 0.454. The first kappa shape index (κ1) is 13.9. The molecule has 1 atom stereocenters. The van der Waals surface area contributed by atoms with E-state index >= 15 is 0 Å². The van der Waals surface area contributed by atoms with Gasteiger partial charge in [-0.05, 0) is 31.0 Å². The average molecular weight is 232 g/mol. The summed E-state index contributed by atoms with van der Waals surface area (Å²) in [5.74, 6) is -0.310. The van der Waals surface area contributed by atoms with Gasteiger partial charge in [-0.1, -0.05) is 6.08 Å². The van der Waals surface area contributed by atoms with E-state index in [4.69, 9.17) is 5.73 Å². The van der Waals surface area contributed by atoms with E-state index in [0.29, 0.717) is 17.5 Å². The number of phenolic OH excluding ortho intramolecular Hbond substituents is 1. The smallest absolute Gasteiger partial charge is 0.124 e. The first-order valence-electron chi connectivity index (χ1n) is 4.41. The van der Waals surface area contributed by atoms with Gasteiger partial charge in [0, 0.05) is 11.6 Å². The molecule has 1 aromatic rings. The standard InChI is InChI=1S/C11H14FNO.ClH/c1-3-4-10(13)9-6-8(12)5-7(2)11(9)14;/h3,5-6,10,14H,1,4,13H2,2H3;1H/t10-;/m0./s1. The summed E-state index contributed by atoms with van der Waals surface area (Å²) in [6.45, 7) is 5.19. The summed E-state index contributed by atoms with van der Waals surface area (Å²) < 4.78 is 13.0. The SMILES string of the molecule is C=CC[C@H](N)c1cc(F)cc(C)c1O.Cl. The molecule has 4 heteroatoms. The third kappa shape index (κ3) is 3.22. The summed E-state index contributed by atoms with van der Waals surface area (Å²) >= 11 is 0. The van der Waals surface area contributed by atoms with Crippen molar-refractivity contribution in [3.8, 4) is 5.75 Å². The lowest BCUT2D eigenvalue weighted by Crippen LogP contribution is -2.10. The number of nitrogens with two attached hydrogens (primary N) is 1. The molecular formula is C11H15ClFNO. The molecule has 15 heavy (non-hydrogen) atoms. The highest BCUT2D eigenvalue weighted by molar-refractivity contribution is 5.85. The van der Waals surface area contributed by atoms with Crippen molar-refractivity contribution in [3.63, 3.8) is 0 Å². The molecule has 0 radical (unpaired) electrons. The van der Waals surface area contributed by atoms with Crippen LogP contribution >= 0.6 is 12.4 Å². The first-order valence-corrected chi connectivity index (χ1v) is 4.41. The summed E-state index contributed by atoms with van der Waals surface area (Å²) in [5.41, 5.74) is 6.68. The molecule has 3 N–H and O–H groups in total. The van der Waals surface area contributed by atoms with Crippen LogP contribution in [-0.2, 0) is 0 Å². The van der Waals surface area contributed by atoms with Gasteiger partial charge in [-0.25, -0.2) is 4.39 Å². The van der Waals surface area contributed by atoms with Crippen LogP contribution in [0.4, 0.5) is 4.39 Å². The Bertz CT molecular complexity index is 355. The third-order valence-corrected chi connectivity index (χ3v) is 2.11. The maximum Gasteiger partial charge on any atom is 0.124 e. The molecule has 2 nitrogen and oxygen atoms in total. The van der Waals surface area contributed by atoms with E-state index in [1.807, 2.05) is 0 Å². The average Bonchev–Trinajstić information content (AvgIpc) is 2.11. The van der Waals surface area contributed by atoms with Crippen LogP contribution in [0.15, 0.2) is 24.8 Å². The van der Waals surface area contributed by atoms with E-state index in [9.17, 15) is 9.50 Å². The van der Waals surface area contributed by atoms with Crippen molar-refractivity contribution in [2.75, 3.05) is 0 Å². The quantitative estimate of drug-likeness (QED) is 0.786. The van der Waals surface area contributed by atoms with E-state index in [0.717, 1.165) is 0 Å². The molecule has 0 saturated heterocycles. The van der Waals surface area contributed by atoms with Crippen molar-refractivity contribution in [2.24, 2.45) is 5.73 Å². The fourth-order valence-electron chi connectivity index (χ4n) is 1.35. The highest BCUT2D eigenvalue weighted by Crippen LogP contribution is 2.29. The van der Waals surface area contributed by atoms with Crippen LogP contribution in [0.5, 0.6) is 5.75 Å². The Hall–Kier alpha value is -1.06. The van der Waals surface area contributed by atoms with Crippen LogP contribution in [0, 0.1) is 12.7 Å². The van der Waals surface area contributed by atoms with E-state index in [1.54, 1.807) is 13.0 Å². The number of benzene rings is 1.